The zero-order chi connectivity index (χ0) is 12.8. The maximum atomic E-state index is 5.97. The number of hydrogen-bond acceptors (Lipinski definition) is 6. The van der Waals surface area contributed by atoms with Crippen molar-refractivity contribution < 1.29 is 4.74 Å². The van der Waals surface area contributed by atoms with Crippen molar-refractivity contribution >= 4 is 17.6 Å². The van der Waals surface area contributed by atoms with Gasteiger partial charge in [-0.05, 0) is 25.7 Å². The predicted molar refractivity (Wildman–Crippen MR) is 73.8 cm³/mol. The number of nitrogens with zero attached hydrogens (tertiary/aromatic N) is 4. The molecule has 0 amide bonds. The zero-order valence-electron chi connectivity index (χ0n) is 11.0. The van der Waals surface area contributed by atoms with Gasteiger partial charge in [0, 0.05) is 19.6 Å². The molecule has 0 radical (unpaired) electrons. The number of fused-ring (bicyclic) bond motifs is 3. The molecule has 6 nitrogen and oxygen atoms in total. The lowest BCUT2D eigenvalue weighted by Gasteiger charge is -2.34. The minimum absolute atomic E-state index is 0.358. The normalized spacial score (nSPS) is 25.2. The third-order valence-corrected chi connectivity index (χ3v) is 4.32. The van der Waals surface area contributed by atoms with Gasteiger partial charge >= 0.3 is 0 Å². The van der Waals surface area contributed by atoms with Gasteiger partial charge in [0.1, 0.15) is 6.61 Å². The summed E-state index contributed by atoms with van der Waals surface area (Å²) in [5.41, 5.74) is 5.90. The molecule has 0 aromatic carbocycles. The Morgan fingerprint density at radius 1 is 1.05 bits per heavy atom. The number of nitrogen functional groups attached to an aromatic ring is 1. The summed E-state index contributed by atoms with van der Waals surface area (Å²) < 4.78 is 5.97. The van der Waals surface area contributed by atoms with Crippen LogP contribution in [0, 0.1) is 0 Å². The van der Waals surface area contributed by atoms with Gasteiger partial charge < -0.3 is 20.3 Å². The maximum absolute atomic E-state index is 5.97. The van der Waals surface area contributed by atoms with E-state index in [1.807, 2.05) is 0 Å². The van der Waals surface area contributed by atoms with Gasteiger partial charge in [0.25, 0.3) is 0 Å². The molecule has 2 N–H and O–H groups in total. The molecule has 4 rings (SSSR count). The number of ether oxygens (including phenoxy) is 1. The van der Waals surface area contributed by atoms with E-state index in [1.54, 1.807) is 0 Å². The highest BCUT2D eigenvalue weighted by Gasteiger charge is 2.36. The third-order valence-electron chi connectivity index (χ3n) is 4.32. The molecule has 0 aliphatic carbocycles. The highest BCUT2D eigenvalue weighted by Crippen LogP contribution is 2.42. The molecule has 1 atom stereocenters. The lowest BCUT2D eigenvalue weighted by molar-refractivity contribution is 0.269. The molecule has 0 spiro atoms. The van der Waals surface area contributed by atoms with Crippen molar-refractivity contribution in [2.45, 2.75) is 31.7 Å². The second-order valence-corrected chi connectivity index (χ2v) is 5.55. The molecule has 4 heterocycles. The Balaban J connectivity index is 1.80. The van der Waals surface area contributed by atoms with Crippen LogP contribution in [0.1, 0.15) is 25.7 Å². The summed E-state index contributed by atoms with van der Waals surface area (Å²) in [4.78, 5) is 13.5. The van der Waals surface area contributed by atoms with Crippen molar-refractivity contribution in [3.05, 3.63) is 0 Å². The molecule has 3 aliphatic heterocycles. The molecule has 1 aromatic rings. The largest absolute Gasteiger partial charge is 0.484 e. The summed E-state index contributed by atoms with van der Waals surface area (Å²) in [5, 5.41) is 0. The van der Waals surface area contributed by atoms with Crippen LogP contribution in [-0.2, 0) is 0 Å². The van der Waals surface area contributed by atoms with Crippen LogP contribution in [0.5, 0.6) is 5.75 Å². The van der Waals surface area contributed by atoms with E-state index in [-0.39, 0.29) is 0 Å². The predicted octanol–water partition coefficient (Wildman–Crippen LogP) is 1.02. The highest BCUT2D eigenvalue weighted by atomic mass is 16.5. The summed E-state index contributed by atoms with van der Waals surface area (Å²) in [7, 11) is 0. The monoisotopic (exact) mass is 261 g/mol. The van der Waals surface area contributed by atoms with E-state index in [4.69, 9.17) is 10.5 Å². The van der Waals surface area contributed by atoms with E-state index in [1.165, 1.54) is 25.7 Å². The van der Waals surface area contributed by atoms with Gasteiger partial charge in [0.05, 0.1) is 6.04 Å². The molecule has 0 saturated carbocycles. The topological polar surface area (TPSA) is 67.5 Å². The van der Waals surface area contributed by atoms with Crippen molar-refractivity contribution in [2.75, 3.05) is 41.8 Å². The van der Waals surface area contributed by atoms with Gasteiger partial charge in [-0.15, -0.1) is 0 Å². The van der Waals surface area contributed by atoms with Crippen LogP contribution >= 0.6 is 0 Å². The van der Waals surface area contributed by atoms with Crippen molar-refractivity contribution in [3.8, 4) is 5.75 Å². The third kappa shape index (κ3) is 1.69. The van der Waals surface area contributed by atoms with Crippen LogP contribution in [0.15, 0.2) is 0 Å². The fourth-order valence-corrected chi connectivity index (χ4v) is 3.38. The molecular formula is C13H19N5O. The summed E-state index contributed by atoms with van der Waals surface area (Å²) in [6, 6.07) is 0.466. The minimum Gasteiger partial charge on any atom is -0.484 e. The fraction of sp³-hybridized carbons (Fsp3) is 0.692. The maximum Gasteiger partial charge on any atom is 0.224 e. The second kappa shape index (κ2) is 4.15. The SMILES string of the molecule is Nc1nc(N2CCCC2)c2c(n1)N1CCCC1CO2. The molecule has 6 heteroatoms. The van der Waals surface area contributed by atoms with E-state index >= 15 is 0 Å². The number of nitrogens with two attached hydrogens (primary N) is 1. The van der Waals surface area contributed by atoms with Crippen molar-refractivity contribution in [2.24, 2.45) is 0 Å². The fourth-order valence-electron chi connectivity index (χ4n) is 3.38. The first-order valence-electron chi connectivity index (χ1n) is 7.15. The van der Waals surface area contributed by atoms with E-state index in [0.717, 1.165) is 43.6 Å². The van der Waals surface area contributed by atoms with Crippen LogP contribution in [-0.4, -0.2) is 42.3 Å². The van der Waals surface area contributed by atoms with Crippen LogP contribution in [0.4, 0.5) is 17.6 Å². The first-order valence-corrected chi connectivity index (χ1v) is 7.15. The van der Waals surface area contributed by atoms with Gasteiger partial charge in [-0.2, -0.15) is 9.97 Å². The summed E-state index contributed by atoms with van der Waals surface area (Å²) in [6.07, 6.45) is 4.81. The molecule has 2 saturated heterocycles. The quantitative estimate of drug-likeness (QED) is 0.814. The summed E-state index contributed by atoms with van der Waals surface area (Å²) in [5.74, 6) is 3.00. The number of rotatable bonds is 1. The Morgan fingerprint density at radius 3 is 2.68 bits per heavy atom. The molecule has 3 aliphatic rings. The Kier molecular flexibility index (Phi) is 2.43. The molecule has 2 fully saturated rings. The Morgan fingerprint density at radius 2 is 1.84 bits per heavy atom. The zero-order valence-corrected chi connectivity index (χ0v) is 11.0. The highest BCUT2D eigenvalue weighted by molar-refractivity contribution is 5.70. The number of hydrogen-bond donors (Lipinski definition) is 1. The number of anilines is 3. The van der Waals surface area contributed by atoms with E-state index in [9.17, 15) is 0 Å². The van der Waals surface area contributed by atoms with E-state index in [2.05, 4.69) is 19.8 Å². The van der Waals surface area contributed by atoms with Gasteiger partial charge in [-0.3, -0.25) is 0 Å². The first-order chi connectivity index (χ1) is 9.33. The number of aromatic nitrogens is 2. The minimum atomic E-state index is 0.358. The van der Waals surface area contributed by atoms with Crippen molar-refractivity contribution in [1.82, 2.24) is 9.97 Å². The summed E-state index contributed by atoms with van der Waals surface area (Å²) >= 11 is 0. The molecule has 102 valence electrons. The van der Waals surface area contributed by atoms with Crippen LogP contribution in [0.3, 0.4) is 0 Å². The second-order valence-electron chi connectivity index (χ2n) is 5.55. The molecule has 1 unspecified atom stereocenters. The van der Waals surface area contributed by atoms with Crippen molar-refractivity contribution in [3.63, 3.8) is 0 Å². The smallest absolute Gasteiger partial charge is 0.224 e. The molecule has 19 heavy (non-hydrogen) atoms. The molecule has 1 aromatic heterocycles. The summed E-state index contributed by atoms with van der Waals surface area (Å²) in [6.45, 7) is 3.88. The first kappa shape index (κ1) is 11.1. The molecular weight excluding hydrogens is 242 g/mol. The standard InChI is InChI=1S/C13H19N5O/c14-13-15-11(17-5-1-2-6-17)10-12(16-13)18-7-3-4-9(18)8-19-10/h9H,1-8H2,(H2,14,15,16). The lowest BCUT2D eigenvalue weighted by Crippen LogP contribution is -2.39. The Labute approximate surface area is 112 Å². The van der Waals surface area contributed by atoms with Crippen LogP contribution in [0.25, 0.3) is 0 Å². The molecule has 0 bridgehead atoms. The van der Waals surface area contributed by atoms with Crippen LogP contribution < -0.4 is 20.3 Å². The Bertz CT molecular complexity index is 483. The van der Waals surface area contributed by atoms with Crippen LogP contribution in [0.2, 0.25) is 0 Å². The van der Waals surface area contributed by atoms with E-state index < -0.39 is 0 Å². The lowest BCUT2D eigenvalue weighted by atomic mass is 10.2. The van der Waals surface area contributed by atoms with E-state index in [0.29, 0.717) is 12.0 Å². The van der Waals surface area contributed by atoms with Gasteiger partial charge in [-0.1, -0.05) is 0 Å². The average molecular weight is 261 g/mol. The van der Waals surface area contributed by atoms with Crippen molar-refractivity contribution in [1.29, 1.82) is 0 Å². The average Bonchev–Trinajstić information content (AvgIpc) is 3.09. The van der Waals surface area contributed by atoms with Gasteiger partial charge in [0.15, 0.2) is 11.6 Å². The van der Waals surface area contributed by atoms with Gasteiger partial charge in [-0.25, -0.2) is 0 Å². The van der Waals surface area contributed by atoms with Gasteiger partial charge in [0.2, 0.25) is 11.7 Å². The Hall–Kier alpha value is -1.72.